The van der Waals surface area contributed by atoms with E-state index in [4.69, 9.17) is 5.73 Å². The molecule has 1 fully saturated rings. The molecule has 0 aliphatic carbocycles. The number of nitrogens with two attached hydrogens (primary N) is 1. The number of nitrogens with zero attached hydrogens (tertiary/aromatic N) is 1. The lowest BCUT2D eigenvalue weighted by Gasteiger charge is -2.22. The van der Waals surface area contributed by atoms with Gasteiger partial charge in [0.25, 0.3) is 0 Å². The van der Waals surface area contributed by atoms with E-state index in [2.05, 4.69) is 4.90 Å². The van der Waals surface area contributed by atoms with Crippen molar-refractivity contribution >= 4 is 5.69 Å². The highest BCUT2D eigenvalue weighted by atomic mass is 19.4. The van der Waals surface area contributed by atoms with Gasteiger partial charge in [-0.3, -0.25) is 4.90 Å². The molecule has 0 amide bonds. The number of benzene rings is 1. The Kier molecular flexibility index (Phi) is 4.34. The second kappa shape index (κ2) is 5.82. The number of nitrogen functional groups attached to an aromatic ring is 1. The topological polar surface area (TPSA) is 29.3 Å². The molecule has 1 heterocycles. The van der Waals surface area contributed by atoms with Gasteiger partial charge in [0.1, 0.15) is 0 Å². The maximum atomic E-state index is 13.0. The highest BCUT2D eigenvalue weighted by Gasteiger charge is 2.33. The van der Waals surface area contributed by atoms with Crippen molar-refractivity contribution in [1.29, 1.82) is 0 Å². The van der Waals surface area contributed by atoms with E-state index >= 15 is 0 Å². The lowest BCUT2D eigenvalue weighted by molar-refractivity contribution is -0.138. The van der Waals surface area contributed by atoms with E-state index in [1.807, 2.05) is 0 Å². The van der Waals surface area contributed by atoms with E-state index in [9.17, 15) is 13.2 Å². The fraction of sp³-hybridized carbons (Fsp3) is 0.571. The Balaban J connectivity index is 2.19. The first-order valence-corrected chi connectivity index (χ1v) is 6.65. The molecule has 106 valence electrons. The maximum absolute atomic E-state index is 13.0. The smallest absolute Gasteiger partial charge is 0.399 e. The normalized spacial score (nSPS) is 18.3. The summed E-state index contributed by atoms with van der Waals surface area (Å²) in [6.45, 7) is 2.11. The van der Waals surface area contributed by atoms with Gasteiger partial charge in [0.2, 0.25) is 0 Å². The summed E-state index contributed by atoms with van der Waals surface area (Å²) in [7, 11) is 0. The van der Waals surface area contributed by atoms with Crippen LogP contribution in [0.1, 0.15) is 36.8 Å². The minimum Gasteiger partial charge on any atom is -0.399 e. The van der Waals surface area contributed by atoms with Gasteiger partial charge in [-0.25, -0.2) is 0 Å². The summed E-state index contributed by atoms with van der Waals surface area (Å²) in [5.74, 6) is 0. The van der Waals surface area contributed by atoms with Gasteiger partial charge >= 0.3 is 6.18 Å². The third-order valence-electron chi connectivity index (χ3n) is 3.53. The van der Waals surface area contributed by atoms with E-state index in [-0.39, 0.29) is 5.69 Å². The Morgan fingerprint density at radius 2 is 1.68 bits per heavy atom. The Labute approximate surface area is 111 Å². The fourth-order valence-electron chi connectivity index (χ4n) is 2.53. The van der Waals surface area contributed by atoms with Gasteiger partial charge in [-0.1, -0.05) is 18.9 Å². The number of halogens is 3. The van der Waals surface area contributed by atoms with E-state index in [0.717, 1.165) is 32.0 Å². The van der Waals surface area contributed by atoms with Crippen LogP contribution in [0.5, 0.6) is 0 Å². The van der Waals surface area contributed by atoms with Crippen molar-refractivity contribution in [3.05, 3.63) is 29.3 Å². The van der Waals surface area contributed by atoms with E-state index in [1.54, 1.807) is 6.07 Å². The summed E-state index contributed by atoms with van der Waals surface area (Å²) in [5.41, 5.74) is 5.35. The van der Waals surface area contributed by atoms with Crippen LogP contribution in [0.15, 0.2) is 18.2 Å². The molecular formula is C14H19F3N2. The number of rotatable bonds is 2. The van der Waals surface area contributed by atoms with Crippen molar-refractivity contribution in [2.75, 3.05) is 18.8 Å². The zero-order valence-corrected chi connectivity index (χ0v) is 10.8. The predicted octanol–water partition coefficient (Wildman–Crippen LogP) is 3.66. The number of anilines is 1. The first-order chi connectivity index (χ1) is 8.97. The van der Waals surface area contributed by atoms with Gasteiger partial charge < -0.3 is 5.73 Å². The van der Waals surface area contributed by atoms with Crippen LogP contribution in [0.4, 0.5) is 18.9 Å². The molecule has 0 radical (unpaired) electrons. The average molecular weight is 272 g/mol. The average Bonchev–Trinajstić information content (AvgIpc) is 2.59. The van der Waals surface area contributed by atoms with Crippen LogP contribution in [0, 0.1) is 0 Å². The molecule has 2 rings (SSSR count). The molecule has 1 aromatic carbocycles. The molecule has 5 heteroatoms. The van der Waals surface area contributed by atoms with Gasteiger partial charge in [0.05, 0.1) is 5.56 Å². The summed E-state index contributed by atoms with van der Waals surface area (Å²) in [6.07, 6.45) is 0.137. The van der Waals surface area contributed by atoms with Crippen molar-refractivity contribution in [2.45, 2.75) is 38.4 Å². The van der Waals surface area contributed by atoms with Gasteiger partial charge in [0, 0.05) is 12.2 Å². The second-order valence-electron chi connectivity index (χ2n) is 5.10. The summed E-state index contributed by atoms with van der Waals surface area (Å²) in [6, 6.07) is 4.08. The SMILES string of the molecule is Nc1ccc(CN2CCCCCC2)c(C(F)(F)F)c1. The molecule has 19 heavy (non-hydrogen) atoms. The summed E-state index contributed by atoms with van der Waals surface area (Å²) < 4.78 is 39.0. The molecule has 0 saturated carbocycles. The second-order valence-corrected chi connectivity index (χ2v) is 5.10. The Bertz CT molecular complexity index is 421. The van der Waals surface area contributed by atoms with Crippen molar-refractivity contribution in [3.8, 4) is 0 Å². The molecule has 0 spiro atoms. The zero-order valence-electron chi connectivity index (χ0n) is 10.8. The summed E-state index contributed by atoms with van der Waals surface area (Å²) in [4.78, 5) is 2.10. The largest absolute Gasteiger partial charge is 0.416 e. The van der Waals surface area contributed by atoms with Crippen molar-refractivity contribution in [1.82, 2.24) is 4.90 Å². The lowest BCUT2D eigenvalue weighted by atomic mass is 10.1. The first-order valence-electron chi connectivity index (χ1n) is 6.65. The van der Waals surface area contributed by atoms with Crippen LogP contribution in [0.3, 0.4) is 0 Å². The lowest BCUT2D eigenvalue weighted by Crippen LogP contribution is -2.25. The number of hydrogen-bond acceptors (Lipinski definition) is 2. The van der Waals surface area contributed by atoms with Crippen LogP contribution in [0.2, 0.25) is 0 Å². The van der Waals surface area contributed by atoms with Gasteiger partial charge in [-0.2, -0.15) is 13.2 Å². The van der Waals surface area contributed by atoms with Crippen molar-refractivity contribution < 1.29 is 13.2 Å². The highest BCUT2D eigenvalue weighted by Crippen LogP contribution is 2.34. The monoisotopic (exact) mass is 272 g/mol. The maximum Gasteiger partial charge on any atom is 0.416 e. The van der Waals surface area contributed by atoms with Crippen LogP contribution in [-0.4, -0.2) is 18.0 Å². The van der Waals surface area contributed by atoms with Crippen LogP contribution in [0.25, 0.3) is 0 Å². The number of hydrogen-bond donors (Lipinski definition) is 1. The molecule has 0 aromatic heterocycles. The number of likely N-dealkylation sites (tertiary alicyclic amines) is 1. The Morgan fingerprint density at radius 1 is 1.05 bits per heavy atom. The minimum atomic E-state index is -4.34. The molecule has 1 saturated heterocycles. The molecular weight excluding hydrogens is 253 g/mol. The van der Waals surface area contributed by atoms with E-state index in [1.165, 1.54) is 18.9 Å². The van der Waals surface area contributed by atoms with Gasteiger partial charge in [-0.05, 0) is 43.6 Å². The molecule has 0 atom stereocenters. The molecule has 1 aromatic rings. The molecule has 1 aliphatic heterocycles. The summed E-state index contributed by atoms with van der Waals surface area (Å²) >= 11 is 0. The van der Waals surface area contributed by atoms with Crippen molar-refractivity contribution in [3.63, 3.8) is 0 Å². The Hall–Kier alpha value is -1.23. The van der Waals surface area contributed by atoms with E-state index < -0.39 is 11.7 Å². The zero-order chi connectivity index (χ0) is 13.9. The summed E-state index contributed by atoms with van der Waals surface area (Å²) in [5, 5.41) is 0. The molecule has 0 unspecified atom stereocenters. The van der Waals surface area contributed by atoms with Crippen LogP contribution >= 0.6 is 0 Å². The van der Waals surface area contributed by atoms with Crippen molar-refractivity contribution in [2.24, 2.45) is 0 Å². The van der Waals surface area contributed by atoms with E-state index in [0.29, 0.717) is 12.1 Å². The van der Waals surface area contributed by atoms with Gasteiger partial charge in [-0.15, -0.1) is 0 Å². The van der Waals surface area contributed by atoms with Crippen LogP contribution < -0.4 is 5.73 Å². The van der Waals surface area contributed by atoms with Gasteiger partial charge in [0.15, 0.2) is 0 Å². The minimum absolute atomic E-state index is 0.159. The first kappa shape index (κ1) is 14.2. The fourth-order valence-corrected chi connectivity index (χ4v) is 2.53. The molecule has 2 nitrogen and oxygen atoms in total. The Morgan fingerprint density at radius 3 is 2.26 bits per heavy atom. The third-order valence-corrected chi connectivity index (χ3v) is 3.53. The highest BCUT2D eigenvalue weighted by molar-refractivity contribution is 5.46. The predicted molar refractivity (Wildman–Crippen MR) is 69.6 cm³/mol. The standard InChI is InChI=1S/C14H19F3N2/c15-14(16,17)13-9-12(18)6-5-11(13)10-19-7-3-1-2-4-8-19/h5-6,9H,1-4,7-8,10,18H2. The molecule has 2 N–H and O–H groups in total. The third kappa shape index (κ3) is 3.86. The quantitative estimate of drug-likeness (QED) is 0.832. The molecule has 1 aliphatic rings. The molecule has 0 bridgehead atoms. The van der Waals surface area contributed by atoms with Crippen LogP contribution in [-0.2, 0) is 12.7 Å². The number of alkyl halides is 3.